The molecule has 0 atom stereocenters. The summed E-state index contributed by atoms with van der Waals surface area (Å²) in [4.78, 5) is 7.62. The normalized spacial score (nSPS) is 10.4. The molecule has 2 aromatic heterocycles. The molecule has 0 aliphatic carbocycles. The molecule has 0 radical (unpaired) electrons. The second-order valence-electron chi connectivity index (χ2n) is 2.05. The molecule has 74 valence electrons. The molecule has 0 fully saturated rings. The van der Waals surface area contributed by atoms with E-state index in [1.54, 1.807) is 23.2 Å². The van der Waals surface area contributed by atoms with E-state index in [4.69, 9.17) is 9.05 Å². The van der Waals surface area contributed by atoms with Crippen molar-refractivity contribution in [1.29, 1.82) is 0 Å². The lowest BCUT2D eigenvalue weighted by atomic mass is 11.0. The van der Waals surface area contributed by atoms with Crippen LogP contribution >= 0.6 is 30.9 Å². The van der Waals surface area contributed by atoms with Gasteiger partial charge in [-0.2, -0.15) is 0 Å². The molecule has 0 saturated carbocycles. The lowest BCUT2D eigenvalue weighted by Gasteiger charge is -2.00. The van der Waals surface area contributed by atoms with Crippen molar-refractivity contribution >= 4 is 30.9 Å². The van der Waals surface area contributed by atoms with Crippen LogP contribution in [0.3, 0.4) is 0 Å². The molecule has 0 spiro atoms. The molecule has 0 aliphatic heterocycles. The topological polar surface area (TPSA) is 61.3 Å². The molecule has 5 nitrogen and oxygen atoms in total. The molecular formula is C6H5N2O3PS2. The van der Waals surface area contributed by atoms with Crippen LogP contribution in [0.15, 0.2) is 23.2 Å². The van der Waals surface area contributed by atoms with Gasteiger partial charge in [0.05, 0.1) is 0 Å². The van der Waals surface area contributed by atoms with Gasteiger partial charge < -0.3 is 9.05 Å². The Morgan fingerprint density at radius 2 is 1.57 bits per heavy atom. The van der Waals surface area contributed by atoms with Crippen molar-refractivity contribution in [3.05, 3.63) is 23.2 Å². The second kappa shape index (κ2) is 4.54. The fourth-order valence-electron chi connectivity index (χ4n) is 0.685. The van der Waals surface area contributed by atoms with Crippen LogP contribution in [-0.4, -0.2) is 9.97 Å². The van der Waals surface area contributed by atoms with E-state index in [1.165, 1.54) is 22.7 Å². The summed E-state index contributed by atoms with van der Waals surface area (Å²) < 4.78 is 21.1. The molecule has 0 bridgehead atoms. The van der Waals surface area contributed by atoms with Gasteiger partial charge in [-0.1, -0.05) is 22.7 Å². The van der Waals surface area contributed by atoms with Gasteiger partial charge in [0.2, 0.25) is 0 Å². The van der Waals surface area contributed by atoms with Crippen molar-refractivity contribution in [2.45, 2.75) is 0 Å². The first-order valence-corrected chi connectivity index (χ1v) is 6.51. The molecule has 0 aliphatic rings. The van der Waals surface area contributed by atoms with E-state index in [1.807, 2.05) is 0 Å². The van der Waals surface area contributed by atoms with Crippen molar-refractivity contribution < 1.29 is 13.6 Å². The monoisotopic (exact) mass is 248 g/mol. The van der Waals surface area contributed by atoms with E-state index in [0.29, 0.717) is 10.4 Å². The lowest BCUT2D eigenvalue weighted by molar-refractivity contribution is 0.413. The zero-order valence-electron chi connectivity index (χ0n) is 6.75. The number of aromatic nitrogens is 2. The van der Waals surface area contributed by atoms with Crippen LogP contribution in [0.4, 0.5) is 0 Å². The van der Waals surface area contributed by atoms with Crippen LogP contribution in [0.5, 0.6) is 10.4 Å². The first-order chi connectivity index (χ1) is 6.84. The Morgan fingerprint density at radius 3 is 1.93 bits per heavy atom. The molecule has 0 unspecified atom stereocenters. The summed E-state index contributed by atoms with van der Waals surface area (Å²) in [6.45, 7) is 0. The average Bonchev–Trinajstić information content (AvgIpc) is 2.76. The van der Waals surface area contributed by atoms with Crippen LogP contribution in [-0.2, 0) is 4.57 Å². The third-order valence-corrected chi connectivity index (χ3v) is 3.47. The third-order valence-electron chi connectivity index (χ3n) is 1.16. The minimum absolute atomic E-state index is 0.338. The van der Waals surface area contributed by atoms with Crippen molar-refractivity contribution in [2.24, 2.45) is 0 Å². The van der Waals surface area contributed by atoms with Crippen molar-refractivity contribution in [1.82, 2.24) is 9.97 Å². The molecule has 0 amide bonds. The van der Waals surface area contributed by atoms with E-state index >= 15 is 0 Å². The summed E-state index contributed by atoms with van der Waals surface area (Å²) in [5.74, 6) is 0. The Hall–Kier alpha value is -0.910. The van der Waals surface area contributed by atoms with Gasteiger partial charge in [-0.25, -0.2) is 14.5 Å². The highest BCUT2D eigenvalue weighted by atomic mass is 32.1. The molecule has 0 saturated heterocycles. The first kappa shape index (κ1) is 9.64. The predicted molar refractivity (Wildman–Crippen MR) is 54.5 cm³/mol. The highest BCUT2D eigenvalue weighted by molar-refractivity contribution is 7.35. The Kier molecular flexibility index (Phi) is 3.13. The smallest absolute Gasteiger partial charge is 0.390 e. The van der Waals surface area contributed by atoms with Crippen LogP contribution in [0.1, 0.15) is 0 Å². The molecule has 14 heavy (non-hydrogen) atoms. The van der Waals surface area contributed by atoms with Gasteiger partial charge in [0.15, 0.2) is 0 Å². The minimum atomic E-state index is -2.59. The second-order valence-corrected chi connectivity index (χ2v) is 4.67. The number of hydrogen-bond acceptors (Lipinski definition) is 7. The average molecular weight is 248 g/mol. The fourth-order valence-corrected chi connectivity index (χ4v) is 2.63. The maximum Gasteiger partial charge on any atom is 0.422 e. The van der Waals surface area contributed by atoms with E-state index in [9.17, 15) is 4.57 Å². The first-order valence-electron chi connectivity index (χ1n) is 3.53. The van der Waals surface area contributed by atoms with Gasteiger partial charge in [-0.15, -0.1) is 0 Å². The quantitative estimate of drug-likeness (QED) is 0.778. The third kappa shape index (κ3) is 2.54. The summed E-state index contributed by atoms with van der Waals surface area (Å²) in [7, 11) is -2.59. The Morgan fingerprint density at radius 1 is 1.07 bits per heavy atom. The fraction of sp³-hybridized carbons (Fsp3) is 0. The molecule has 2 aromatic rings. The van der Waals surface area contributed by atoms with E-state index < -0.39 is 8.25 Å². The van der Waals surface area contributed by atoms with Crippen molar-refractivity contribution in [2.75, 3.05) is 0 Å². The van der Waals surface area contributed by atoms with E-state index in [-0.39, 0.29) is 0 Å². The van der Waals surface area contributed by atoms with Gasteiger partial charge in [-0.3, -0.25) is 0 Å². The Labute approximate surface area is 88.3 Å². The lowest BCUT2D eigenvalue weighted by Crippen LogP contribution is -1.87. The molecule has 0 N–H and O–H groups in total. The minimum Gasteiger partial charge on any atom is -0.390 e. The summed E-state index contributed by atoms with van der Waals surface area (Å²) in [5.41, 5.74) is 0. The molecule has 2 heterocycles. The molecule has 0 aromatic carbocycles. The summed E-state index contributed by atoms with van der Waals surface area (Å²) in [5, 5.41) is 4.14. The van der Waals surface area contributed by atoms with Gasteiger partial charge in [0.1, 0.15) is 0 Å². The number of thiazole rings is 2. The maximum absolute atomic E-state index is 11.3. The number of nitrogens with zero attached hydrogens (tertiary/aromatic N) is 2. The summed E-state index contributed by atoms with van der Waals surface area (Å²) in [6.07, 6.45) is 3.14. The molecule has 2 rings (SSSR count). The standard InChI is InChI=1S/C6H5N2O3PS2/c9-12(10-5-7-1-3-13-5)11-6-8-2-4-14-6/h1-4,12H. The summed E-state index contributed by atoms with van der Waals surface area (Å²) in [6, 6.07) is 0. The molecule has 8 heteroatoms. The number of hydrogen-bond donors (Lipinski definition) is 0. The van der Waals surface area contributed by atoms with Crippen LogP contribution < -0.4 is 9.05 Å². The van der Waals surface area contributed by atoms with Crippen molar-refractivity contribution in [3.63, 3.8) is 0 Å². The molecular weight excluding hydrogens is 243 g/mol. The highest BCUT2D eigenvalue weighted by Gasteiger charge is 2.06. The summed E-state index contributed by atoms with van der Waals surface area (Å²) >= 11 is 2.52. The zero-order chi connectivity index (χ0) is 9.80. The largest absolute Gasteiger partial charge is 0.422 e. The highest BCUT2D eigenvalue weighted by Crippen LogP contribution is 2.32. The van der Waals surface area contributed by atoms with E-state index in [2.05, 4.69) is 9.97 Å². The van der Waals surface area contributed by atoms with E-state index in [0.717, 1.165) is 0 Å². The van der Waals surface area contributed by atoms with Gasteiger partial charge >= 0.3 is 8.25 Å². The Balaban J connectivity index is 1.91. The zero-order valence-corrected chi connectivity index (χ0v) is 9.38. The van der Waals surface area contributed by atoms with Crippen LogP contribution in [0.25, 0.3) is 0 Å². The van der Waals surface area contributed by atoms with Gasteiger partial charge in [0, 0.05) is 23.2 Å². The van der Waals surface area contributed by atoms with Crippen LogP contribution in [0.2, 0.25) is 0 Å². The van der Waals surface area contributed by atoms with Crippen molar-refractivity contribution in [3.8, 4) is 10.4 Å². The van der Waals surface area contributed by atoms with Crippen LogP contribution in [0, 0.1) is 0 Å². The predicted octanol–water partition coefficient (Wildman–Crippen LogP) is 2.45. The van der Waals surface area contributed by atoms with Gasteiger partial charge in [-0.05, 0) is 0 Å². The Bertz CT molecular complexity index is 364. The SMILES string of the molecule is O=[PH](Oc1nccs1)Oc1nccs1. The maximum atomic E-state index is 11.3. The number of rotatable bonds is 4. The van der Waals surface area contributed by atoms with Gasteiger partial charge in [0.25, 0.3) is 10.4 Å².